The lowest BCUT2D eigenvalue weighted by Crippen LogP contribution is -2.62. The lowest BCUT2D eigenvalue weighted by atomic mass is 9.98. The topological polar surface area (TPSA) is 284 Å². The molecule has 6 amide bonds. The van der Waals surface area contributed by atoms with Crippen LogP contribution >= 0.6 is 0 Å². The Morgan fingerprint density at radius 3 is 1.95 bits per heavy atom. The summed E-state index contributed by atoms with van der Waals surface area (Å²) in [6.45, 7) is 7.26. The van der Waals surface area contributed by atoms with Gasteiger partial charge in [-0.3, -0.25) is 49.0 Å². The fourth-order valence-electron chi connectivity index (χ4n) is 7.93. The molecular formula is C45H57N9O11. The highest BCUT2D eigenvalue weighted by Gasteiger charge is 2.41. The molecule has 0 aliphatic carbocycles. The second-order valence-corrected chi connectivity index (χ2v) is 17.1. The van der Waals surface area contributed by atoms with Gasteiger partial charge in [-0.25, -0.2) is 0 Å². The van der Waals surface area contributed by atoms with E-state index < -0.39 is 98.8 Å². The Morgan fingerprint density at radius 2 is 1.31 bits per heavy atom. The SMILES string of the molecule is CC(C)C[C@@H]1NC(=O)[C@H](CCCNc2ccc([N+](=O)[O-])cc2[N+](=O)[O-])NC(=O)[C@H](C(C)C)NC(=O)[C@H](Cc2ccc(O)cc2)NC(=O)[C@@H]2CCCN2C(=O)[C@H](Cc2ccccc2)NC1=O. The number of phenolic OH excluding ortho intramolecular Hbond substituents is 1. The number of carbonyl (C=O) groups is 6. The third-order valence-corrected chi connectivity index (χ3v) is 11.3. The van der Waals surface area contributed by atoms with E-state index in [4.69, 9.17) is 0 Å². The molecule has 2 aliphatic heterocycles. The van der Waals surface area contributed by atoms with Crippen LogP contribution in [0, 0.1) is 32.1 Å². The Balaban J connectivity index is 1.51. The van der Waals surface area contributed by atoms with Crippen molar-refractivity contribution in [1.82, 2.24) is 31.5 Å². The summed E-state index contributed by atoms with van der Waals surface area (Å²) in [4.78, 5) is 109. The van der Waals surface area contributed by atoms with Crippen molar-refractivity contribution < 1.29 is 43.7 Å². The molecule has 348 valence electrons. The monoisotopic (exact) mass is 899 g/mol. The number of phenols is 1. The van der Waals surface area contributed by atoms with Crippen molar-refractivity contribution in [2.45, 2.75) is 109 Å². The fraction of sp³-hybridized carbons (Fsp3) is 0.467. The Labute approximate surface area is 376 Å². The van der Waals surface area contributed by atoms with Crippen molar-refractivity contribution in [3.8, 4) is 5.75 Å². The molecule has 0 unspecified atom stereocenters. The first-order valence-electron chi connectivity index (χ1n) is 21.7. The summed E-state index contributed by atoms with van der Waals surface area (Å²) in [5.74, 6) is -4.72. The molecular weight excluding hydrogens is 843 g/mol. The normalized spacial score (nSPS) is 22.5. The summed E-state index contributed by atoms with van der Waals surface area (Å²) in [5, 5.41) is 49.7. The van der Waals surface area contributed by atoms with E-state index in [-0.39, 0.29) is 69.0 Å². The first-order valence-corrected chi connectivity index (χ1v) is 21.7. The number of rotatable bonds is 14. The van der Waals surface area contributed by atoms with Crippen LogP contribution in [0.15, 0.2) is 72.8 Å². The average Bonchev–Trinajstić information content (AvgIpc) is 3.76. The van der Waals surface area contributed by atoms with Gasteiger partial charge < -0.3 is 41.9 Å². The van der Waals surface area contributed by atoms with Crippen LogP contribution in [-0.4, -0.2) is 105 Å². The molecule has 20 nitrogen and oxygen atoms in total. The number of nitrogens with zero attached hydrogens (tertiary/aromatic N) is 3. The summed E-state index contributed by atoms with van der Waals surface area (Å²) in [6.07, 6.45) is 0.913. The van der Waals surface area contributed by atoms with Crippen molar-refractivity contribution in [1.29, 1.82) is 0 Å². The van der Waals surface area contributed by atoms with E-state index in [1.165, 1.54) is 23.1 Å². The van der Waals surface area contributed by atoms with Gasteiger partial charge >= 0.3 is 0 Å². The number of hydrogen-bond donors (Lipinski definition) is 7. The van der Waals surface area contributed by atoms with E-state index in [0.29, 0.717) is 12.0 Å². The molecule has 0 saturated carbocycles. The Morgan fingerprint density at radius 1 is 0.708 bits per heavy atom. The molecule has 2 aliphatic rings. The first-order chi connectivity index (χ1) is 30.9. The minimum absolute atomic E-state index is 0.0103. The fourth-order valence-corrected chi connectivity index (χ4v) is 7.93. The van der Waals surface area contributed by atoms with Gasteiger partial charge in [0.25, 0.3) is 11.4 Å². The number of nitro benzene ring substituents is 2. The van der Waals surface area contributed by atoms with Crippen LogP contribution < -0.4 is 31.9 Å². The van der Waals surface area contributed by atoms with E-state index in [1.54, 1.807) is 50.2 Å². The summed E-state index contributed by atoms with van der Waals surface area (Å²) in [5.41, 5.74) is 0.267. The molecule has 0 bridgehead atoms. The number of carbonyl (C=O) groups excluding carboxylic acids is 6. The highest BCUT2D eigenvalue weighted by Crippen LogP contribution is 2.29. The van der Waals surface area contributed by atoms with Crippen LogP contribution in [0.1, 0.15) is 70.9 Å². The lowest BCUT2D eigenvalue weighted by Gasteiger charge is -2.32. The van der Waals surface area contributed by atoms with Crippen molar-refractivity contribution in [3.05, 3.63) is 104 Å². The third-order valence-electron chi connectivity index (χ3n) is 11.3. The van der Waals surface area contributed by atoms with Crippen LogP contribution in [0.4, 0.5) is 17.1 Å². The molecule has 5 rings (SSSR count). The van der Waals surface area contributed by atoms with Crippen LogP contribution in [-0.2, 0) is 41.6 Å². The molecule has 6 atom stereocenters. The van der Waals surface area contributed by atoms with Gasteiger partial charge in [0.15, 0.2) is 0 Å². The standard InChI is InChI=1S/C45H57N9O11/c1-26(2)22-34-41(57)50-36(24-28-10-6-5-7-11-28)45(61)52-21-9-13-37(52)43(59)49-35(23-29-14-17-31(55)18-15-29)42(58)51-39(27(3)4)44(60)47-33(40(56)48-34)12-8-20-46-32-19-16-30(53(62)63)25-38(32)54(64)65/h5-7,10-11,14-19,25-27,33-37,39,46,55H,8-9,12-13,20-24H2,1-4H3,(H,47,60)(H,48,56)(H,49,59)(H,50,57)(H,51,58)/t33-,34-,35-,36-,37-,39-/m0/s1. The molecule has 3 aromatic rings. The van der Waals surface area contributed by atoms with Crippen molar-refractivity contribution in [2.24, 2.45) is 11.8 Å². The Hall–Kier alpha value is -7.12. The Bertz CT molecular complexity index is 2220. The maximum atomic E-state index is 14.6. The van der Waals surface area contributed by atoms with Gasteiger partial charge in [-0.15, -0.1) is 0 Å². The van der Waals surface area contributed by atoms with Crippen molar-refractivity contribution >= 4 is 52.5 Å². The second-order valence-electron chi connectivity index (χ2n) is 17.1. The molecule has 2 fully saturated rings. The highest BCUT2D eigenvalue weighted by molar-refractivity contribution is 5.98. The minimum atomic E-state index is -1.32. The van der Waals surface area contributed by atoms with Crippen molar-refractivity contribution in [3.63, 3.8) is 0 Å². The third kappa shape index (κ3) is 13.4. The number of nitrogens with one attached hydrogen (secondary N) is 6. The number of nitro groups is 2. The molecule has 7 N–H and O–H groups in total. The highest BCUT2D eigenvalue weighted by atomic mass is 16.6. The molecule has 2 heterocycles. The van der Waals surface area contributed by atoms with Crippen LogP contribution in [0.5, 0.6) is 5.75 Å². The molecule has 20 heteroatoms. The van der Waals surface area contributed by atoms with E-state index in [9.17, 15) is 54.1 Å². The van der Waals surface area contributed by atoms with E-state index >= 15 is 0 Å². The largest absolute Gasteiger partial charge is 0.508 e. The number of amides is 6. The molecule has 0 spiro atoms. The minimum Gasteiger partial charge on any atom is -0.508 e. The second kappa shape index (κ2) is 22.5. The lowest BCUT2D eigenvalue weighted by molar-refractivity contribution is -0.393. The summed E-state index contributed by atoms with van der Waals surface area (Å²) in [7, 11) is 0. The van der Waals surface area contributed by atoms with Gasteiger partial charge in [-0.1, -0.05) is 70.2 Å². The Kier molecular flexibility index (Phi) is 16.9. The molecule has 0 radical (unpaired) electrons. The smallest absolute Gasteiger partial charge is 0.299 e. The van der Waals surface area contributed by atoms with Crippen molar-refractivity contribution in [2.75, 3.05) is 18.4 Å². The number of non-ortho nitro benzene ring substituents is 1. The zero-order valence-corrected chi connectivity index (χ0v) is 36.8. The average molecular weight is 900 g/mol. The van der Waals surface area contributed by atoms with Gasteiger partial charge in [0.05, 0.1) is 15.9 Å². The van der Waals surface area contributed by atoms with Gasteiger partial charge in [0, 0.05) is 32.0 Å². The van der Waals surface area contributed by atoms with Gasteiger partial charge in [-0.2, -0.15) is 0 Å². The van der Waals surface area contributed by atoms with Gasteiger partial charge in [0.1, 0.15) is 47.7 Å². The van der Waals surface area contributed by atoms with E-state index in [0.717, 1.165) is 17.7 Å². The van der Waals surface area contributed by atoms with Crippen LogP contribution in [0.3, 0.4) is 0 Å². The number of aromatic hydroxyl groups is 1. The maximum absolute atomic E-state index is 14.6. The summed E-state index contributed by atoms with van der Waals surface area (Å²) < 4.78 is 0. The zero-order valence-electron chi connectivity index (χ0n) is 36.8. The first kappa shape index (κ1) is 48.9. The summed E-state index contributed by atoms with van der Waals surface area (Å²) >= 11 is 0. The molecule has 0 aromatic heterocycles. The zero-order chi connectivity index (χ0) is 47.4. The maximum Gasteiger partial charge on any atom is 0.299 e. The van der Waals surface area contributed by atoms with Gasteiger partial charge in [-0.05, 0) is 73.3 Å². The van der Waals surface area contributed by atoms with Crippen LogP contribution in [0.25, 0.3) is 0 Å². The van der Waals surface area contributed by atoms with E-state index in [2.05, 4.69) is 31.9 Å². The number of hydrogen-bond acceptors (Lipinski definition) is 12. The number of benzene rings is 3. The predicted molar refractivity (Wildman–Crippen MR) is 238 cm³/mol. The predicted octanol–water partition coefficient (Wildman–Crippen LogP) is 3.02. The van der Waals surface area contributed by atoms with Gasteiger partial charge in [0.2, 0.25) is 35.4 Å². The molecule has 2 saturated heterocycles. The molecule has 3 aromatic carbocycles. The number of fused-ring (bicyclic) bond motifs is 1. The number of anilines is 1. The quantitative estimate of drug-likeness (QED) is 0.0699. The summed E-state index contributed by atoms with van der Waals surface area (Å²) in [6, 6.07) is 11.0. The van der Waals surface area contributed by atoms with E-state index in [1.807, 2.05) is 19.9 Å². The van der Waals surface area contributed by atoms with Crippen LogP contribution in [0.2, 0.25) is 0 Å². The molecule has 65 heavy (non-hydrogen) atoms.